The lowest BCUT2D eigenvalue weighted by Gasteiger charge is -2.32. The van der Waals surface area contributed by atoms with Crippen molar-refractivity contribution < 1.29 is 18.7 Å². The number of carbonyl (C=O) groups is 2. The summed E-state index contributed by atoms with van der Waals surface area (Å²) in [6.07, 6.45) is 3.52. The van der Waals surface area contributed by atoms with Crippen LogP contribution < -0.4 is 10.1 Å². The van der Waals surface area contributed by atoms with Crippen molar-refractivity contribution in [3.63, 3.8) is 0 Å². The molecule has 0 atom stereocenters. The second kappa shape index (κ2) is 7.51. The van der Waals surface area contributed by atoms with Crippen LogP contribution in [0, 0.1) is 11.7 Å². The third kappa shape index (κ3) is 4.47. The summed E-state index contributed by atoms with van der Waals surface area (Å²) < 4.78 is 19.5. The molecule has 1 saturated carbocycles. The van der Waals surface area contributed by atoms with E-state index in [1.54, 1.807) is 6.07 Å². The highest BCUT2D eigenvalue weighted by molar-refractivity contribution is 9.10. The number of carbonyl (C=O) groups excluding carboxylic acids is 2. The average Bonchev–Trinajstić information content (AvgIpc) is 3.39. The molecule has 0 aromatic heterocycles. The number of likely N-dealkylation sites (tertiary alicyclic amines) is 1. The van der Waals surface area contributed by atoms with Gasteiger partial charge in [-0.05, 0) is 43.9 Å². The van der Waals surface area contributed by atoms with Gasteiger partial charge in [-0.1, -0.05) is 15.9 Å². The molecule has 2 fully saturated rings. The Morgan fingerprint density at radius 3 is 2.58 bits per heavy atom. The fourth-order valence-corrected chi connectivity index (χ4v) is 3.17. The van der Waals surface area contributed by atoms with Gasteiger partial charge in [0.1, 0.15) is 0 Å². The third-order valence-electron chi connectivity index (χ3n) is 4.35. The monoisotopic (exact) mass is 398 g/mol. The maximum atomic E-state index is 13.6. The van der Waals surface area contributed by atoms with E-state index in [1.807, 2.05) is 4.90 Å². The van der Waals surface area contributed by atoms with Crippen molar-refractivity contribution in [3.05, 3.63) is 28.5 Å². The van der Waals surface area contributed by atoms with Crippen molar-refractivity contribution in [2.45, 2.75) is 31.7 Å². The molecule has 0 bridgehead atoms. The molecule has 3 rings (SSSR count). The topological polar surface area (TPSA) is 58.6 Å². The van der Waals surface area contributed by atoms with E-state index in [0.29, 0.717) is 17.6 Å². The second-order valence-electron chi connectivity index (χ2n) is 6.30. The molecule has 1 aliphatic heterocycles. The van der Waals surface area contributed by atoms with Crippen LogP contribution in [-0.4, -0.2) is 42.5 Å². The van der Waals surface area contributed by atoms with Gasteiger partial charge >= 0.3 is 0 Å². The Morgan fingerprint density at radius 1 is 1.25 bits per heavy atom. The van der Waals surface area contributed by atoms with Crippen LogP contribution in [0.2, 0.25) is 0 Å². The van der Waals surface area contributed by atoms with E-state index in [1.165, 1.54) is 12.1 Å². The first-order valence-electron chi connectivity index (χ1n) is 8.19. The molecule has 1 heterocycles. The minimum absolute atomic E-state index is 0.0408. The first kappa shape index (κ1) is 17.2. The van der Waals surface area contributed by atoms with Gasteiger partial charge in [0.25, 0.3) is 5.91 Å². The largest absolute Gasteiger partial charge is 0.481 e. The highest BCUT2D eigenvalue weighted by Crippen LogP contribution is 2.31. The minimum atomic E-state index is -0.510. The van der Waals surface area contributed by atoms with Gasteiger partial charge in [-0.3, -0.25) is 9.59 Å². The van der Waals surface area contributed by atoms with Crippen molar-refractivity contribution in [2.24, 2.45) is 5.92 Å². The molecule has 0 radical (unpaired) electrons. The number of rotatable bonds is 5. The molecule has 1 aliphatic carbocycles. The predicted octanol–water partition coefficient (Wildman–Crippen LogP) is 2.48. The van der Waals surface area contributed by atoms with Gasteiger partial charge in [-0.15, -0.1) is 0 Å². The zero-order valence-electron chi connectivity index (χ0n) is 13.3. The summed E-state index contributed by atoms with van der Waals surface area (Å²) in [4.78, 5) is 25.8. The van der Waals surface area contributed by atoms with Crippen molar-refractivity contribution in [1.82, 2.24) is 10.2 Å². The first-order valence-corrected chi connectivity index (χ1v) is 8.98. The Balaban J connectivity index is 1.40. The van der Waals surface area contributed by atoms with Gasteiger partial charge in [0.05, 0.1) is 0 Å². The SMILES string of the molecule is O=C(COc1ccc(Br)cc1F)NC1CCN(C(=O)C2CC2)CC1. The number of piperidine rings is 1. The van der Waals surface area contributed by atoms with E-state index in [0.717, 1.165) is 25.7 Å². The van der Waals surface area contributed by atoms with Crippen LogP contribution in [0.25, 0.3) is 0 Å². The number of hydrogen-bond acceptors (Lipinski definition) is 3. The number of benzene rings is 1. The molecule has 1 aromatic rings. The lowest BCUT2D eigenvalue weighted by atomic mass is 10.0. The molecule has 1 N–H and O–H groups in total. The Bertz CT molecular complexity index is 628. The Hall–Kier alpha value is -1.63. The van der Waals surface area contributed by atoms with E-state index in [-0.39, 0.29) is 36.1 Å². The smallest absolute Gasteiger partial charge is 0.258 e. The van der Waals surface area contributed by atoms with Gasteiger partial charge in [0.15, 0.2) is 18.2 Å². The van der Waals surface area contributed by atoms with Crippen molar-refractivity contribution in [3.8, 4) is 5.75 Å². The molecular weight excluding hydrogens is 379 g/mol. The normalized spacial score (nSPS) is 18.3. The summed E-state index contributed by atoms with van der Waals surface area (Å²) >= 11 is 3.17. The summed E-state index contributed by atoms with van der Waals surface area (Å²) in [5.74, 6) is -0.231. The van der Waals surface area contributed by atoms with Gasteiger partial charge in [-0.25, -0.2) is 4.39 Å². The zero-order chi connectivity index (χ0) is 17.1. The molecule has 0 unspecified atom stereocenters. The second-order valence-corrected chi connectivity index (χ2v) is 7.22. The summed E-state index contributed by atoms with van der Waals surface area (Å²) in [7, 11) is 0. The number of nitrogens with zero attached hydrogens (tertiary/aromatic N) is 1. The van der Waals surface area contributed by atoms with Crippen molar-refractivity contribution in [1.29, 1.82) is 0 Å². The summed E-state index contributed by atoms with van der Waals surface area (Å²) in [6.45, 7) is 1.14. The van der Waals surface area contributed by atoms with Crippen LogP contribution in [0.4, 0.5) is 4.39 Å². The molecule has 24 heavy (non-hydrogen) atoms. The quantitative estimate of drug-likeness (QED) is 0.828. The van der Waals surface area contributed by atoms with Crippen LogP contribution in [-0.2, 0) is 9.59 Å². The molecule has 1 saturated heterocycles. The number of nitrogens with one attached hydrogen (secondary N) is 1. The molecule has 5 nitrogen and oxygen atoms in total. The Labute approximate surface area is 148 Å². The summed E-state index contributed by atoms with van der Waals surface area (Å²) in [5, 5.41) is 2.89. The fraction of sp³-hybridized carbons (Fsp3) is 0.529. The lowest BCUT2D eigenvalue weighted by Crippen LogP contribution is -2.47. The third-order valence-corrected chi connectivity index (χ3v) is 4.84. The van der Waals surface area contributed by atoms with Gasteiger partial charge in [-0.2, -0.15) is 0 Å². The van der Waals surface area contributed by atoms with Crippen LogP contribution in [0.5, 0.6) is 5.75 Å². The fourth-order valence-electron chi connectivity index (χ4n) is 2.84. The predicted molar refractivity (Wildman–Crippen MR) is 90.1 cm³/mol. The van der Waals surface area contributed by atoms with Crippen LogP contribution >= 0.6 is 15.9 Å². The highest BCUT2D eigenvalue weighted by Gasteiger charge is 2.35. The number of amides is 2. The van der Waals surface area contributed by atoms with Gasteiger partial charge < -0.3 is 15.0 Å². The van der Waals surface area contributed by atoms with E-state index in [2.05, 4.69) is 21.2 Å². The lowest BCUT2D eigenvalue weighted by molar-refractivity contribution is -0.133. The Morgan fingerprint density at radius 2 is 1.96 bits per heavy atom. The summed E-state index contributed by atoms with van der Waals surface area (Å²) in [6, 6.07) is 4.47. The van der Waals surface area contributed by atoms with Gasteiger partial charge in [0, 0.05) is 29.5 Å². The molecule has 130 valence electrons. The number of halogens is 2. The molecule has 2 amide bonds. The highest BCUT2D eigenvalue weighted by atomic mass is 79.9. The van der Waals surface area contributed by atoms with Crippen molar-refractivity contribution in [2.75, 3.05) is 19.7 Å². The average molecular weight is 399 g/mol. The van der Waals surface area contributed by atoms with E-state index >= 15 is 0 Å². The zero-order valence-corrected chi connectivity index (χ0v) is 14.9. The molecule has 2 aliphatic rings. The Kier molecular flexibility index (Phi) is 5.38. The molecule has 7 heteroatoms. The molecule has 0 spiro atoms. The van der Waals surface area contributed by atoms with Crippen molar-refractivity contribution >= 4 is 27.7 Å². The van der Waals surface area contributed by atoms with E-state index < -0.39 is 5.82 Å². The first-order chi connectivity index (χ1) is 11.5. The van der Waals surface area contributed by atoms with Crippen LogP contribution in [0.1, 0.15) is 25.7 Å². The summed E-state index contributed by atoms with van der Waals surface area (Å²) in [5.41, 5.74) is 0. The molecule has 1 aromatic carbocycles. The van der Waals surface area contributed by atoms with Crippen LogP contribution in [0.3, 0.4) is 0 Å². The van der Waals surface area contributed by atoms with E-state index in [9.17, 15) is 14.0 Å². The maximum Gasteiger partial charge on any atom is 0.258 e. The van der Waals surface area contributed by atoms with E-state index in [4.69, 9.17) is 4.74 Å². The van der Waals surface area contributed by atoms with Gasteiger partial charge in [0.2, 0.25) is 5.91 Å². The maximum absolute atomic E-state index is 13.6. The number of hydrogen-bond donors (Lipinski definition) is 1. The standard InChI is InChI=1S/C17H20BrFN2O3/c18-12-3-4-15(14(19)9-12)24-10-16(22)20-13-5-7-21(8-6-13)17(23)11-1-2-11/h3-4,9,11,13H,1-2,5-8,10H2,(H,20,22). The molecular formula is C17H20BrFN2O3. The number of ether oxygens (including phenoxy) is 1. The van der Waals surface area contributed by atoms with Crippen LogP contribution in [0.15, 0.2) is 22.7 Å². The minimum Gasteiger partial charge on any atom is -0.481 e.